The topological polar surface area (TPSA) is 24.5 Å². The Labute approximate surface area is 191 Å². The van der Waals surface area contributed by atoms with Crippen molar-refractivity contribution in [3.05, 3.63) is 102 Å². The molecular formula is C29H32N2O. The third kappa shape index (κ3) is 4.00. The van der Waals surface area contributed by atoms with Crippen LogP contribution in [0.5, 0.6) is 5.75 Å². The van der Waals surface area contributed by atoms with Gasteiger partial charge in [-0.2, -0.15) is 0 Å². The highest BCUT2D eigenvalue weighted by atomic mass is 16.5. The quantitative estimate of drug-likeness (QED) is 0.416. The number of fused-ring (bicyclic) bond motifs is 3. The molecule has 0 saturated heterocycles. The molecule has 5 rings (SSSR count). The van der Waals surface area contributed by atoms with Crippen LogP contribution in [0.1, 0.15) is 48.9 Å². The van der Waals surface area contributed by atoms with Crippen molar-refractivity contribution in [2.24, 2.45) is 5.92 Å². The molecule has 1 aliphatic carbocycles. The number of rotatable bonds is 7. The van der Waals surface area contributed by atoms with Gasteiger partial charge in [0.15, 0.2) is 0 Å². The average molecular weight is 425 g/mol. The maximum Gasteiger partial charge on any atom is 0.119 e. The van der Waals surface area contributed by atoms with Crippen LogP contribution in [0.3, 0.4) is 0 Å². The number of allylic oxidation sites excluding steroid dienone is 2. The highest BCUT2D eigenvalue weighted by Gasteiger charge is 2.38. The van der Waals surface area contributed by atoms with E-state index in [2.05, 4.69) is 90.8 Å². The van der Waals surface area contributed by atoms with Crippen molar-refractivity contribution in [1.82, 2.24) is 0 Å². The number of hydrogen-bond donors (Lipinski definition) is 1. The van der Waals surface area contributed by atoms with Crippen molar-refractivity contribution in [1.29, 1.82) is 0 Å². The summed E-state index contributed by atoms with van der Waals surface area (Å²) in [6, 6.07) is 26.2. The van der Waals surface area contributed by atoms with E-state index >= 15 is 0 Å². The van der Waals surface area contributed by atoms with E-state index < -0.39 is 0 Å². The van der Waals surface area contributed by atoms with E-state index in [4.69, 9.17) is 4.74 Å². The van der Waals surface area contributed by atoms with E-state index in [9.17, 15) is 0 Å². The summed E-state index contributed by atoms with van der Waals surface area (Å²) in [4.78, 5) is 2.42. The third-order valence-corrected chi connectivity index (χ3v) is 6.96. The van der Waals surface area contributed by atoms with Crippen LogP contribution < -0.4 is 15.0 Å². The van der Waals surface area contributed by atoms with Crippen molar-refractivity contribution in [3.63, 3.8) is 0 Å². The Morgan fingerprint density at radius 1 is 0.938 bits per heavy atom. The van der Waals surface area contributed by atoms with Gasteiger partial charge in [-0.1, -0.05) is 54.6 Å². The molecule has 0 fully saturated rings. The van der Waals surface area contributed by atoms with Crippen LogP contribution in [0, 0.1) is 5.92 Å². The summed E-state index contributed by atoms with van der Waals surface area (Å²) in [6.07, 6.45) is 5.89. The SMILES string of the molecule is CCN(CC)c1ccc2c(c1)C1C=CCC1C(c1ccc(OCc3ccccc3)cc1)N2. The molecule has 3 aromatic rings. The van der Waals surface area contributed by atoms with Crippen LogP contribution in [-0.2, 0) is 6.61 Å². The fraction of sp³-hybridized carbons (Fsp3) is 0.310. The molecule has 0 radical (unpaired) electrons. The van der Waals surface area contributed by atoms with Gasteiger partial charge in [0.2, 0.25) is 0 Å². The van der Waals surface area contributed by atoms with Gasteiger partial charge in [-0.15, -0.1) is 0 Å². The van der Waals surface area contributed by atoms with Crippen molar-refractivity contribution in [2.75, 3.05) is 23.3 Å². The molecule has 0 saturated carbocycles. The molecule has 3 unspecified atom stereocenters. The molecule has 0 bridgehead atoms. The van der Waals surface area contributed by atoms with Crippen LogP contribution in [0.25, 0.3) is 0 Å². The molecule has 32 heavy (non-hydrogen) atoms. The predicted octanol–water partition coefficient (Wildman–Crippen LogP) is 6.94. The maximum atomic E-state index is 6.00. The van der Waals surface area contributed by atoms with Crippen LogP contribution in [-0.4, -0.2) is 13.1 Å². The summed E-state index contributed by atoms with van der Waals surface area (Å²) in [5, 5.41) is 3.86. The molecule has 1 aliphatic heterocycles. The Kier molecular flexibility index (Phi) is 5.89. The molecule has 164 valence electrons. The first-order valence-corrected chi connectivity index (χ1v) is 11.9. The minimum atomic E-state index is 0.310. The van der Waals surface area contributed by atoms with Gasteiger partial charge in [0.1, 0.15) is 12.4 Å². The van der Waals surface area contributed by atoms with E-state index in [1.54, 1.807) is 0 Å². The van der Waals surface area contributed by atoms with E-state index in [1.165, 1.54) is 28.1 Å². The van der Waals surface area contributed by atoms with Gasteiger partial charge in [0.25, 0.3) is 0 Å². The lowest BCUT2D eigenvalue weighted by Gasteiger charge is -2.38. The fourth-order valence-electron chi connectivity index (χ4n) is 5.21. The number of nitrogens with zero attached hydrogens (tertiary/aromatic N) is 1. The number of benzene rings is 3. The Morgan fingerprint density at radius 2 is 1.72 bits per heavy atom. The standard InChI is InChI=1S/C29H32N2O/c1-3-31(4-2)23-15-18-28-27(19-23)25-11-8-12-26(25)29(30-28)22-13-16-24(17-14-22)32-20-21-9-6-5-7-10-21/h5-11,13-19,25-26,29-30H,3-4,12,20H2,1-2H3. The zero-order chi connectivity index (χ0) is 21.9. The zero-order valence-corrected chi connectivity index (χ0v) is 19.0. The monoisotopic (exact) mass is 424 g/mol. The van der Waals surface area contributed by atoms with Crippen LogP contribution >= 0.6 is 0 Å². The zero-order valence-electron chi connectivity index (χ0n) is 19.0. The molecule has 1 N–H and O–H groups in total. The smallest absolute Gasteiger partial charge is 0.119 e. The molecule has 2 aliphatic rings. The van der Waals surface area contributed by atoms with Gasteiger partial charge in [0.05, 0.1) is 6.04 Å². The van der Waals surface area contributed by atoms with Crippen molar-refractivity contribution in [3.8, 4) is 5.75 Å². The van der Waals surface area contributed by atoms with Gasteiger partial charge >= 0.3 is 0 Å². The minimum Gasteiger partial charge on any atom is -0.489 e. The molecule has 3 heteroatoms. The maximum absolute atomic E-state index is 6.00. The predicted molar refractivity (Wildman–Crippen MR) is 134 cm³/mol. The van der Waals surface area contributed by atoms with Crippen molar-refractivity contribution < 1.29 is 4.74 Å². The summed E-state index contributed by atoms with van der Waals surface area (Å²) < 4.78 is 6.00. The summed E-state index contributed by atoms with van der Waals surface area (Å²) in [7, 11) is 0. The highest BCUT2D eigenvalue weighted by Crippen LogP contribution is 2.50. The summed E-state index contributed by atoms with van der Waals surface area (Å²) in [6.45, 7) is 7.12. The Balaban J connectivity index is 1.35. The first-order chi connectivity index (χ1) is 15.8. The molecule has 0 amide bonds. The number of hydrogen-bond acceptors (Lipinski definition) is 3. The largest absolute Gasteiger partial charge is 0.489 e. The lowest BCUT2D eigenvalue weighted by Crippen LogP contribution is -2.29. The molecular weight excluding hydrogens is 392 g/mol. The Hall–Kier alpha value is -3.20. The number of ether oxygens (including phenoxy) is 1. The van der Waals surface area contributed by atoms with Crippen LogP contribution in [0.15, 0.2) is 84.9 Å². The summed E-state index contributed by atoms with van der Waals surface area (Å²) >= 11 is 0. The number of nitrogens with one attached hydrogen (secondary N) is 1. The summed E-state index contributed by atoms with van der Waals surface area (Å²) in [5.74, 6) is 1.94. The average Bonchev–Trinajstić information content (AvgIpc) is 3.35. The van der Waals surface area contributed by atoms with E-state index in [-0.39, 0.29) is 0 Å². The second kappa shape index (κ2) is 9.12. The van der Waals surface area contributed by atoms with Crippen molar-refractivity contribution in [2.45, 2.75) is 38.8 Å². The first-order valence-electron chi connectivity index (χ1n) is 11.9. The van der Waals surface area contributed by atoms with Crippen molar-refractivity contribution >= 4 is 11.4 Å². The van der Waals surface area contributed by atoms with Gasteiger partial charge in [-0.25, -0.2) is 0 Å². The minimum absolute atomic E-state index is 0.310. The third-order valence-electron chi connectivity index (χ3n) is 6.96. The molecule has 3 atom stereocenters. The Morgan fingerprint density at radius 3 is 2.47 bits per heavy atom. The molecule has 0 spiro atoms. The Bertz CT molecular complexity index is 1070. The number of anilines is 2. The second-order valence-electron chi connectivity index (χ2n) is 8.76. The van der Waals surface area contributed by atoms with Gasteiger partial charge in [-0.3, -0.25) is 0 Å². The second-order valence-corrected chi connectivity index (χ2v) is 8.76. The summed E-state index contributed by atoms with van der Waals surface area (Å²) in [5.41, 5.74) is 6.55. The normalized spacial score (nSPS) is 20.9. The van der Waals surface area contributed by atoms with Gasteiger partial charge < -0.3 is 15.0 Å². The highest BCUT2D eigenvalue weighted by molar-refractivity contribution is 5.66. The van der Waals surface area contributed by atoms with E-state index in [0.29, 0.717) is 24.5 Å². The van der Waals surface area contributed by atoms with Gasteiger partial charge in [0, 0.05) is 30.4 Å². The van der Waals surface area contributed by atoms with Crippen LogP contribution in [0.2, 0.25) is 0 Å². The lowest BCUT2D eigenvalue weighted by molar-refractivity contribution is 0.306. The fourth-order valence-corrected chi connectivity index (χ4v) is 5.21. The van der Waals surface area contributed by atoms with E-state index in [0.717, 1.165) is 25.3 Å². The molecule has 3 nitrogen and oxygen atoms in total. The molecule has 3 aromatic carbocycles. The molecule has 0 aromatic heterocycles. The molecule has 1 heterocycles. The lowest BCUT2D eigenvalue weighted by atomic mass is 9.77. The van der Waals surface area contributed by atoms with Gasteiger partial charge in [-0.05, 0) is 73.2 Å². The first kappa shape index (κ1) is 20.7. The van der Waals surface area contributed by atoms with E-state index in [1.807, 2.05) is 18.2 Å². The van der Waals surface area contributed by atoms with Crippen LogP contribution in [0.4, 0.5) is 11.4 Å².